The van der Waals surface area contributed by atoms with Crippen LogP contribution in [0.25, 0.3) is 6.08 Å². The van der Waals surface area contributed by atoms with Crippen LogP contribution in [0.1, 0.15) is 12.0 Å². The fraction of sp³-hybridized carbons (Fsp3) is 0.200. The second kappa shape index (κ2) is 5.95. The third kappa shape index (κ3) is 3.84. The van der Waals surface area contributed by atoms with Crippen molar-refractivity contribution < 1.29 is 14.5 Å². The average molecular weight is 257 g/mol. The van der Waals surface area contributed by atoms with Crippen molar-refractivity contribution in [2.24, 2.45) is 0 Å². The van der Waals surface area contributed by atoms with Gasteiger partial charge in [-0.3, -0.25) is 14.9 Å². The molecular formula is C10H9ClN2O4. The largest absolute Gasteiger partial charge is 0.469 e. The summed E-state index contributed by atoms with van der Waals surface area (Å²) in [4.78, 5) is 24.5. The first kappa shape index (κ1) is 13.1. The summed E-state index contributed by atoms with van der Waals surface area (Å²) < 4.78 is 4.43. The molecule has 0 aliphatic carbocycles. The van der Waals surface area contributed by atoms with Crippen molar-refractivity contribution in [1.82, 2.24) is 4.98 Å². The van der Waals surface area contributed by atoms with Gasteiger partial charge in [-0.15, -0.1) is 0 Å². The van der Waals surface area contributed by atoms with E-state index in [4.69, 9.17) is 11.6 Å². The molecule has 6 nitrogen and oxygen atoms in total. The normalized spacial score (nSPS) is 10.5. The fourth-order valence-corrected chi connectivity index (χ4v) is 1.22. The highest BCUT2D eigenvalue weighted by molar-refractivity contribution is 6.31. The lowest BCUT2D eigenvalue weighted by Crippen LogP contribution is -1.96. The Morgan fingerprint density at radius 2 is 2.41 bits per heavy atom. The predicted octanol–water partition coefficient (Wildman–Crippen LogP) is 2.22. The SMILES string of the molecule is COC(=O)CC=Cc1cnc(Cl)c([N+](=O)[O-])c1. The van der Waals surface area contributed by atoms with Gasteiger partial charge in [-0.2, -0.15) is 0 Å². The Hall–Kier alpha value is -1.95. The number of aromatic nitrogens is 1. The molecule has 0 radical (unpaired) electrons. The molecule has 0 saturated carbocycles. The molecule has 1 rings (SSSR count). The minimum absolute atomic E-state index is 0.0902. The van der Waals surface area contributed by atoms with E-state index in [1.54, 1.807) is 0 Å². The molecule has 0 atom stereocenters. The van der Waals surface area contributed by atoms with Gasteiger partial charge < -0.3 is 4.74 Å². The number of hydrogen-bond donors (Lipinski definition) is 0. The van der Waals surface area contributed by atoms with E-state index in [1.165, 1.54) is 31.5 Å². The number of pyridine rings is 1. The molecule has 0 amide bonds. The summed E-state index contributed by atoms with van der Waals surface area (Å²) in [5.74, 6) is -0.391. The second-order valence-electron chi connectivity index (χ2n) is 3.02. The molecule has 1 aromatic heterocycles. The number of methoxy groups -OCH3 is 1. The molecule has 0 N–H and O–H groups in total. The van der Waals surface area contributed by atoms with Crippen LogP contribution in [0.15, 0.2) is 18.3 Å². The van der Waals surface area contributed by atoms with Crippen LogP contribution in [0.5, 0.6) is 0 Å². The molecule has 90 valence electrons. The monoisotopic (exact) mass is 256 g/mol. The van der Waals surface area contributed by atoms with Crippen LogP contribution in [0.4, 0.5) is 5.69 Å². The molecule has 0 aliphatic heterocycles. The molecule has 1 aromatic rings. The number of nitrogens with zero attached hydrogens (tertiary/aromatic N) is 2. The number of carbonyl (C=O) groups excluding carboxylic acids is 1. The van der Waals surface area contributed by atoms with E-state index in [2.05, 4.69) is 9.72 Å². The van der Waals surface area contributed by atoms with Gasteiger partial charge in [-0.1, -0.05) is 23.8 Å². The van der Waals surface area contributed by atoms with Crippen LogP contribution in [0, 0.1) is 10.1 Å². The lowest BCUT2D eigenvalue weighted by molar-refractivity contribution is -0.385. The highest BCUT2D eigenvalue weighted by Gasteiger charge is 2.13. The summed E-state index contributed by atoms with van der Waals surface area (Å²) in [7, 11) is 1.28. The van der Waals surface area contributed by atoms with Gasteiger partial charge in [0.2, 0.25) is 5.15 Å². The molecule has 0 aliphatic rings. The summed E-state index contributed by atoms with van der Waals surface area (Å²) >= 11 is 5.55. The van der Waals surface area contributed by atoms with Crippen molar-refractivity contribution in [1.29, 1.82) is 0 Å². The highest BCUT2D eigenvalue weighted by Crippen LogP contribution is 2.22. The van der Waals surface area contributed by atoms with Gasteiger partial charge in [0.15, 0.2) is 0 Å². The summed E-state index contributed by atoms with van der Waals surface area (Å²) in [6.07, 6.45) is 4.53. The number of carbonyl (C=O) groups is 1. The Morgan fingerprint density at radius 3 is 3.00 bits per heavy atom. The van der Waals surface area contributed by atoms with Crippen molar-refractivity contribution in [3.05, 3.63) is 39.2 Å². The van der Waals surface area contributed by atoms with E-state index < -0.39 is 10.9 Å². The Labute approximate surface area is 102 Å². The van der Waals surface area contributed by atoms with E-state index in [0.29, 0.717) is 5.56 Å². The maximum absolute atomic E-state index is 10.8. The van der Waals surface area contributed by atoms with E-state index >= 15 is 0 Å². The second-order valence-corrected chi connectivity index (χ2v) is 3.38. The van der Waals surface area contributed by atoms with Gasteiger partial charge in [-0.25, -0.2) is 4.98 Å². The zero-order valence-electron chi connectivity index (χ0n) is 8.92. The van der Waals surface area contributed by atoms with Crippen LogP contribution in [-0.2, 0) is 9.53 Å². The standard InChI is InChI=1S/C10H9ClN2O4/c1-17-9(14)4-2-3-7-5-8(13(15)16)10(11)12-6-7/h2-3,5-6H,4H2,1H3. The Morgan fingerprint density at radius 1 is 1.71 bits per heavy atom. The number of nitro groups is 1. The number of hydrogen-bond acceptors (Lipinski definition) is 5. The summed E-state index contributed by atoms with van der Waals surface area (Å²) in [5.41, 5.74) is 0.219. The van der Waals surface area contributed by atoms with Gasteiger partial charge in [0, 0.05) is 12.3 Å². The third-order valence-electron chi connectivity index (χ3n) is 1.86. The number of ether oxygens (including phenoxy) is 1. The van der Waals surface area contributed by atoms with Crippen molar-refractivity contribution in [2.45, 2.75) is 6.42 Å². The molecule has 0 aromatic carbocycles. The Balaban J connectivity index is 2.82. The van der Waals surface area contributed by atoms with Gasteiger partial charge >= 0.3 is 11.7 Å². The van der Waals surface area contributed by atoms with E-state index in [1.807, 2.05) is 0 Å². The summed E-state index contributed by atoms with van der Waals surface area (Å²) in [6.45, 7) is 0. The topological polar surface area (TPSA) is 82.3 Å². The molecule has 0 unspecified atom stereocenters. The highest BCUT2D eigenvalue weighted by atomic mass is 35.5. The lowest BCUT2D eigenvalue weighted by Gasteiger charge is -1.96. The molecular weight excluding hydrogens is 248 g/mol. The van der Waals surface area contributed by atoms with Crippen LogP contribution in [0.3, 0.4) is 0 Å². The zero-order valence-corrected chi connectivity index (χ0v) is 9.68. The van der Waals surface area contributed by atoms with Crippen molar-refractivity contribution >= 4 is 29.3 Å². The van der Waals surface area contributed by atoms with E-state index in [0.717, 1.165) is 0 Å². The summed E-state index contributed by atoms with van der Waals surface area (Å²) in [5, 5.41) is 10.4. The molecule has 7 heteroatoms. The molecule has 1 heterocycles. The van der Waals surface area contributed by atoms with Gasteiger partial charge in [0.25, 0.3) is 0 Å². The van der Waals surface area contributed by atoms with Crippen molar-refractivity contribution in [3.63, 3.8) is 0 Å². The van der Waals surface area contributed by atoms with Gasteiger partial charge in [-0.05, 0) is 5.56 Å². The van der Waals surface area contributed by atoms with Gasteiger partial charge in [0.1, 0.15) is 0 Å². The zero-order chi connectivity index (χ0) is 12.8. The van der Waals surface area contributed by atoms with Crippen molar-refractivity contribution in [3.8, 4) is 0 Å². The number of halogens is 1. The molecule has 0 saturated heterocycles. The van der Waals surface area contributed by atoms with Crippen LogP contribution in [-0.4, -0.2) is 23.0 Å². The van der Waals surface area contributed by atoms with Crippen LogP contribution in [0.2, 0.25) is 5.15 Å². The number of esters is 1. The summed E-state index contributed by atoms with van der Waals surface area (Å²) in [6, 6.07) is 1.28. The fourth-order valence-electron chi connectivity index (χ4n) is 1.05. The number of rotatable bonds is 4. The first-order valence-corrected chi connectivity index (χ1v) is 4.95. The smallest absolute Gasteiger partial charge is 0.309 e. The molecule has 0 spiro atoms. The average Bonchev–Trinajstić information content (AvgIpc) is 2.30. The third-order valence-corrected chi connectivity index (χ3v) is 2.15. The minimum Gasteiger partial charge on any atom is -0.469 e. The van der Waals surface area contributed by atoms with Gasteiger partial charge in [0.05, 0.1) is 18.5 Å². The quantitative estimate of drug-likeness (QED) is 0.357. The van der Waals surface area contributed by atoms with Crippen molar-refractivity contribution in [2.75, 3.05) is 7.11 Å². The molecule has 17 heavy (non-hydrogen) atoms. The molecule has 0 bridgehead atoms. The van der Waals surface area contributed by atoms with E-state index in [9.17, 15) is 14.9 Å². The van der Waals surface area contributed by atoms with Crippen LogP contribution >= 0.6 is 11.6 Å². The minimum atomic E-state index is -0.618. The molecule has 0 fully saturated rings. The maximum Gasteiger partial charge on any atom is 0.309 e. The predicted molar refractivity (Wildman–Crippen MR) is 61.6 cm³/mol. The lowest BCUT2D eigenvalue weighted by atomic mass is 10.2. The van der Waals surface area contributed by atoms with Crippen LogP contribution < -0.4 is 0 Å². The first-order chi connectivity index (χ1) is 8.04. The maximum atomic E-state index is 10.8. The first-order valence-electron chi connectivity index (χ1n) is 4.58. The van der Waals surface area contributed by atoms with E-state index in [-0.39, 0.29) is 17.3 Å². The Kier molecular flexibility index (Phi) is 4.59. The Bertz CT molecular complexity index is 473.